The topological polar surface area (TPSA) is 67.9 Å². The molecule has 1 N–H and O–H groups in total. The zero-order valence-corrected chi connectivity index (χ0v) is 10.9. The fraction of sp³-hybridized carbons (Fsp3) is 0.727. The van der Waals surface area contributed by atoms with Crippen molar-refractivity contribution in [3.8, 4) is 0 Å². The second-order valence-corrected chi connectivity index (χ2v) is 5.58. The summed E-state index contributed by atoms with van der Waals surface area (Å²) in [6, 6.07) is 0. The number of ether oxygens (including phenoxy) is 1. The molecule has 0 amide bonds. The maximum atomic E-state index is 11.3. The molecule has 1 atom stereocenters. The summed E-state index contributed by atoms with van der Waals surface area (Å²) in [6.07, 6.45) is 4.91. The Kier molecular flexibility index (Phi) is 4.04. The Hall–Kier alpha value is -1.04. The number of methoxy groups -OCH3 is 1. The lowest BCUT2D eigenvalue weighted by molar-refractivity contribution is -0.139. The monoisotopic (exact) mass is 255 g/mol. The number of nitrogens with zero attached hydrogens (tertiary/aromatic N) is 2. The molecule has 1 aliphatic carbocycles. The molecular weight excluding hydrogens is 238 g/mol. The maximum Gasteiger partial charge on any atom is 0.318 e. The van der Waals surface area contributed by atoms with E-state index in [1.54, 1.807) is 6.92 Å². The first-order chi connectivity index (χ1) is 8.20. The molecule has 17 heavy (non-hydrogen) atoms. The molecule has 1 aromatic heterocycles. The van der Waals surface area contributed by atoms with E-state index in [-0.39, 0.29) is 11.2 Å². The molecule has 1 aromatic rings. The zero-order valence-electron chi connectivity index (χ0n) is 10.1. The molecule has 1 heterocycles. The number of esters is 1. The number of aromatic nitrogens is 3. The van der Waals surface area contributed by atoms with E-state index in [4.69, 9.17) is 0 Å². The number of rotatable bonds is 4. The minimum Gasteiger partial charge on any atom is -0.468 e. The third kappa shape index (κ3) is 3.00. The van der Waals surface area contributed by atoms with Gasteiger partial charge in [-0.05, 0) is 19.8 Å². The average Bonchev–Trinajstić information content (AvgIpc) is 2.97. The van der Waals surface area contributed by atoms with E-state index in [2.05, 4.69) is 19.9 Å². The Morgan fingerprint density at radius 2 is 2.24 bits per heavy atom. The van der Waals surface area contributed by atoms with Crippen LogP contribution in [0.2, 0.25) is 0 Å². The van der Waals surface area contributed by atoms with Crippen molar-refractivity contribution in [3.63, 3.8) is 0 Å². The highest BCUT2D eigenvalue weighted by molar-refractivity contribution is 8.00. The van der Waals surface area contributed by atoms with Crippen LogP contribution in [0.3, 0.4) is 0 Å². The molecule has 0 bridgehead atoms. The SMILES string of the molecule is COC(=O)[C@H](C)Sc1n[nH]c(C2CCCC2)n1. The van der Waals surface area contributed by atoms with E-state index >= 15 is 0 Å². The molecule has 0 aromatic carbocycles. The first-order valence-corrected chi connectivity index (χ1v) is 6.75. The van der Waals surface area contributed by atoms with E-state index in [0.29, 0.717) is 11.1 Å². The molecule has 0 saturated heterocycles. The fourth-order valence-corrected chi connectivity index (χ4v) is 2.82. The van der Waals surface area contributed by atoms with Gasteiger partial charge in [-0.15, -0.1) is 5.10 Å². The Morgan fingerprint density at radius 1 is 1.53 bits per heavy atom. The molecule has 0 unspecified atom stereocenters. The lowest BCUT2D eigenvalue weighted by Gasteiger charge is -2.05. The molecule has 1 saturated carbocycles. The molecule has 0 spiro atoms. The molecule has 94 valence electrons. The molecular formula is C11H17N3O2S. The van der Waals surface area contributed by atoms with Crippen LogP contribution in [0.15, 0.2) is 5.16 Å². The number of nitrogens with one attached hydrogen (secondary N) is 1. The lowest BCUT2D eigenvalue weighted by atomic mass is 10.1. The van der Waals surface area contributed by atoms with Crippen molar-refractivity contribution in [1.82, 2.24) is 15.2 Å². The highest BCUT2D eigenvalue weighted by Crippen LogP contribution is 2.33. The van der Waals surface area contributed by atoms with Gasteiger partial charge in [0, 0.05) is 5.92 Å². The smallest absolute Gasteiger partial charge is 0.318 e. The van der Waals surface area contributed by atoms with Crippen molar-refractivity contribution in [2.75, 3.05) is 7.11 Å². The van der Waals surface area contributed by atoms with E-state index in [9.17, 15) is 4.79 Å². The Balaban J connectivity index is 1.96. The number of thioether (sulfide) groups is 1. The van der Waals surface area contributed by atoms with Crippen LogP contribution in [0.1, 0.15) is 44.3 Å². The first kappa shape index (κ1) is 12.4. The van der Waals surface area contributed by atoms with Gasteiger partial charge in [-0.2, -0.15) is 0 Å². The Bertz CT molecular complexity index is 388. The average molecular weight is 255 g/mol. The van der Waals surface area contributed by atoms with Gasteiger partial charge in [-0.25, -0.2) is 4.98 Å². The quantitative estimate of drug-likeness (QED) is 0.659. The molecule has 0 radical (unpaired) electrons. The predicted molar refractivity (Wildman–Crippen MR) is 64.9 cm³/mol. The molecule has 1 aliphatic rings. The Labute approximate surface area is 105 Å². The van der Waals surface area contributed by atoms with Crippen molar-refractivity contribution in [3.05, 3.63) is 5.82 Å². The summed E-state index contributed by atoms with van der Waals surface area (Å²) < 4.78 is 4.67. The van der Waals surface area contributed by atoms with Crippen molar-refractivity contribution in [2.24, 2.45) is 0 Å². The van der Waals surface area contributed by atoms with Gasteiger partial charge in [0.1, 0.15) is 11.1 Å². The van der Waals surface area contributed by atoms with Crippen LogP contribution in [-0.4, -0.2) is 33.5 Å². The third-order valence-electron chi connectivity index (χ3n) is 3.04. The standard InChI is InChI=1S/C11H17N3O2S/c1-7(10(15)16-2)17-11-12-9(13-14-11)8-5-3-4-6-8/h7-8H,3-6H2,1-2H3,(H,12,13,14)/t7-/m0/s1. The van der Waals surface area contributed by atoms with Crippen molar-refractivity contribution in [1.29, 1.82) is 0 Å². The van der Waals surface area contributed by atoms with Crippen LogP contribution < -0.4 is 0 Å². The second-order valence-electron chi connectivity index (χ2n) is 4.27. The summed E-state index contributed by atoms with van der Waals surface area (Å²) in [5.41, 5.74) is 0. The normalized spacial score (nSPS) is 18.2. The largest absolute Gasteiger partial charge is 0.468 e. The maximum absolute atomic E-state index is 11.3. The second kappa shape index (κ2) is 5.53. The number of carbonyl (C=O) groups is 1. The van der Waals surface area contributed by atoms with Gasteiger partial charge in [-0.3, -0.25) is 9.89 Å². The minimum absolute atomic E-state index is 0.248. The van der Waals surface area contributed by atoms with Gasteiger partial charge in [0.2, 0.25) is 5.16 Å². The van der Waals surface area contributed by atoms with E-state index in [1.165, 1.54) is 44.6 Å². The lowest BCUT2D eigenvalue weighted by Crippen LogP contribution is -2.14. The molecule has 5 nitrogen and oxygen atoms in total. The number of aromatic amines is 1. The number of hydrogen-bond donors (Lipinski definition) is 1. The molecule has 2 rings (SSSR count). The fourth-order valence-electron chi connectivity index (χ4n) is 2.06. The van der Waals surface area contributed by atoms with Crippen LogP contribution in [0.4, 0.5) is 0 Å². The zero-order chi connectivity index (χ0) is 12.3. The number of H-pyrrole nitrogens is 1. The van der Waals surface area contributed by atoms with Gasteiger partial charge in [0.05, 0.1) is 7.11 Å². The predicted octanol–water partition coefficient (Wildman–Crippen LogP) is 2.12. The van der Waals surface area contributed by atoms with E-state index in [0.717, 1.165) is 5.82 Å². The van der Waals surface area contributed by atoms with Crippen LogP contribution >= 0.6 is 11.8 Å². The summed E-state index contributed by atoms with van der Waals surface area (Å²) in [4.78, 5) is 15.7. The van der Waals surface area contributed by atoms with E-state index < -0.39 is 0 Å². The van der Waals surface area contributed by atoms with Crippen molar-refractivity contribution >= 4 is 17.7 Å². The van der Waals surface area contributed by atoms with Gasteiger partial charge in [0.25, 0.3) is 0 Å². The number of carbonyl (C=O) groups excluding carboxylic acids is 1. The van der Waals surface area contributed by atoms with Gasteiger partial charge in [-0.1, -0.05) is 24.6 Å². The molecule has 1 fully saturated rings. The molecule has 6 heteroatoms. The van der Waals surface area contributed by atoms with Crippen LogP contribution in [0.25, 0.3) is 0 Å². The van der Waals surface area contributed by atoms with Gasteiger partial charge in [0.15, 0.2) is 0 Å². The Morgan fingerprint density at radius 3 is 2.88 bits per heavy atom. The van der Waals surface area contributed by atoms with E-state index in [1.807, 2.05) is 0 Å². The third-order valence-corrected chi connectivity index (χ3v) is 3.98. The first-order valence-electron chi connectivity index (χ1n) is 5.87. The summed E-state index contributed by atoms with van der Waals surface area (Å²) in [7, 11) is 1.39. The highest BCUT2D eigenvalue weighted by atomic mass is 32.2. The number of hydrogen-bond acceptors (Lipinski definition) is 5. The van der Waals surface area contributed by atoms with Crippen LogP contribution in [0.5, 0.6) is 0 Å². The summed E-state index contributed by atoms with van der Waals surface area (Å²) >= 11 is 1.33. The highest BCUT2D eigenvalue weighted by Gasteiger charge is 2.22. The summed E-state index contributed by atoms with van der Waals surface area (Å²) in [5.74, 6) is 1.23. The summed E-state index contributed by atoms with van der Waals surface area (Å²) in [5, 5.41) is 7.47. The van der Waals surface area contributed by atoms with Gasteiger partial charge < -0.3 is 4.74 Å². The van der Waals surface area contributed by atoms with Crippen LogP contribution in [-0.2, 0) is 9.53 Å². The summed E-state index contributed by atoms with van der Waals surface area (Å²) in [6.45, 7) is 1.79. The molecule has 0 aliphatic heterocycles. The van der Waals surface area contributed by atoms with Crippen LogP contribution in [0, 0.1) is 0 Å². The van der Waals surface area contributed by atoms with Crippen molar-refractivity contribution < 1.29 is 9.53 Å². The van der Waals surface area contributed by atoms with Crippen molar-refractivity contribution in [2.45, 2.75) is 48.9 Å². The van der Waals surface area contributed by atoms with Gasteiger partial charge >= 0.3 is 5.97 Å². The minimum atomic E-state index is -0.271.